The van der Waals surface area contributed by atoms with Gasteiger partial charge >= 0.3 is 0 Å². The molecule has 0 aromatic carbocycles. The second-order valence-corrected chi connectivity index (χ2v) is 10.6. The van der Waals surface area contributed by atoms with Crippen LogP contribution in [0.3, 0.4) is 0 Å². The SMILES string of the molecule is CC(C)(C)[Si](C)(C)OC[C@@](C)(N)C(N)=O. The van der Waals surface area contributed by atoms with Gasteiger partial charge in [-0.2, -0.15) is 0 Å². The van der Waals surface area contributed by atoms with E-state index in [9.17, 15) is 4.79 Å². The van der Waals surface area contributed by atoms with Gasteiger partial charge < -0.3 is 15.9 Å². The van der Waals surface area contributed by atoms with Crippen molar-refractivity contribution in [2.45, 2.75) is 51.4 Å². The van der Waals surface area contributed by atoms with Crippen LogP contribution in [0.4, 0.5) is 0 Å². The van der Waals surface area contributed by atoms with Gasteiger partial charge in [-0.15, -0.1) is 0 Å². The summed E-state index contributed by atoms with van der Waals surface area (Å²) in [6.45, 7) is 12.4. The molecule has 0 aromatic heterocycles. The van der Waals surface area contributed by atoms with E-state index in [0.29, 0.717) is 0 Å². The van der Waals surface area contributed by atoms with Crippen LogP contribution in [0.2, 0.25) is 18.1 Å². The molecule has 0 rings (SSSR count). The molecule has 0 bridgehead atoms. The van der Waals surface area contributed by atoms with Crippen LogP contribution in [0.25, 0.3) is 0 Å². The van der Waals surface area contributed by atoms with Crippen LogP contribution in [-0.2, 0) is 9.22 Å². The number of hydrogen-bond acceptors (Lipinski definition) is 3. The van der Waals surface area contributed by atoms with Crippen LogP contribution < -0.4 is 11.5 Å². The fourth-order valence-corrected chi connectivity index (χ4v) is 1.71. The van der Waals surface area contributed by atoms with Crippen molar-refractivity contribution < 1.29 is 9.22 Å². The summed E-state index contributed by atoms with van der Waals surface area (Å²) in [7, 11) is -1.85. The molecule has 0 radical (unpaired) electrons. The van der Waals surface area contributed by atoms with Gasteiger partial charge in [0.1, 0.15) is 5.54 Å². The zero-order valence-corrected chi connectivity index (χ0v) is 11.7. The molecule has 0 heterocycles. The molecule has 0 saturated carbocycles. The summed E-state index contributed by atoms with van der Waals surface area (Å²) in [4.78, 5) is 11.0. The first kappa shape index (κ1) is 14.6. The van der Waals surface area contributed by atoms with Crippen LogP contribution in [0.15, 0.2) is 0 Å². The van der Waals surface area contributed by atoms with E-state index in [1.165, 1.54) is 0 Å². The lowest BCUT2D eigenvalue weighted by atomic mass is 10.1. The minimum Gasteiger partial charge on any atom is -0.414 e. The van der Waals surface area contributed by atoms with Gasteiger partial charge in [0.15, 0.2) is 8.32 Å². The Morgan fingerprint density at radius 3 is 1.93 bits per heavy atom. The lowest BCUT2D eigenvalue weighted by Gasteiger charge is -2.38. The molecule has 90 valence electrons. The average Bonchev–Trinajstić information content (AvgIpc) is 1.99. The Bertz CT molecular complexity index is 244. The zero-order valence-electron chi connectivity index (χ0n) is 10.7. The fraction of sp³-hybridized carbons (Fsp3) is 0.900. The van der Waals surface area contributed by atoms with Gasteiger partial charge in [-0.3, -0.25) is 4.79 Å². The maximum atomic E-state index is 11.0. The number of carbonyl (C=O) groups is 1. The molecule has 1 amide bonds. The summed E-state index contributed by atoms with van der Waals surface area (Å²) in [6, 6.07) is 0. The van der Waals surface area contributed by atoms with Crippen LogP contribution in [-0.4, -0.2) is 26.4 Å². The standard InChI is InChI=1S/C10H24N2O2Si/c1-9(2,3)15(5,6)14-7-10(4,12)8(11)13/h7,12H2,1-6H3,(H2,11,13)/t10-/m1/s1. The molecular formula is C10H24N2O2Si. The lowest BCUT2D eigenvalue weighted by Crippen LogP contribution is -2.56. The number of primary amides is 1. The van der Waals surface area contributed by atoms with Gasteiger partial charge in [0.25, 0.3) is 0 Å². The third-order valence-electron chi connectivity index (χ3n) is 3.10. The highest BCUT2D eigenvalue weighted by atomic mass is 28.4. The van der Waals surface area contributed by atoms with E-state index in [-0.39, 0.29) is 11.6 Å². The van der Waals surface area contributed by atoms with E-state index in [2.05, 4.69) is 33.9 Å². The third-order valence-corrected chi connectivity index (χ3v) is 7.58. The van der Waals surface area contributed by atoms with E-state index in [4.69, 9.17) is 15.9 Å². The van der Waals surface area contributed by atoms with Crippen LogP contribution in [0, 0.1) is 0 Å². The molecular weight excluding hydrogens is 208 g/mol. The summed E-state index contributed by atoms with van der Waals surface area (Å²) >= 11 is 0. The summed E-state index contributed by atoms with van der Waals surface area (Å²) < 4.78 is 5.83. The van der Waals surface area contributed by atoms with Crippen molar-refractivity contribution in [3.8, 4) is 0 Å². The minimum absolute atomic E-state index is 0.112. The molecule has 5 heteroatoms. The number of carbonyl (C=O) groups excluding carboxylic acids is 1. The molecule has 0 aliphatic carbocycles. The number of amides is 1. The first-order chi connectivity index (χ1) is 6.40. The van der Waals surface area contributed by atoms with Gasteiger partial charge in [0.05, 0.1) is 6.61 Å². The van der Waals surface area contributed by atoms with Crippen molar-refractivity contribution in [1.29, 1.82) is 0 Å². The fourth-order valence-electron chi connectivity index (χ4n) is 0.618. The molecule has 0 unspecified atom stereocenters. The maximum absolute atomic E-state index is 11.0. The Balaban J connectivity index is 4.47. The summed E-state index contributed by atoms with van der Waals surface area (Å²) in [6.07, 6.45) is 0. The van der Waals surface area contributed by atoms with Crippen molar-refractivity contribution in [3.05, 3.63) is 0 Å². The van der Waals surface area contributed by atoms with E-state index >= 15 is 0 Å². The highest BCUT2D eigenvalue weighted by Gasteiger charge is 2.39. The number of nitrogens with two attached hydrogens (primary N) is 2. The molecule has 1 atom stereocenters. The zero-order chi connectivity index (χ0) is 12.5. The lowest BCUT2D eigenvalue weighted by molar-refractivity contribution is -0.123. The molecule has 15 heavy (non-hydrogen) atoms. The van der Waals surface area contributed by atoms with Crippen molar-refractivity contribution in [2.24, 2.45) is 11.5 Å². The van der Waals surface area contributed by atoms with Crippen molar-refractivity contribution in [1.82, 2.24) is 0 Å². The van der Waals surface area contributed by atoms with Crippen LogP contribution in [0.1, 0.15) is 27.7 Å². The molecule has 4 nitrogen and oxygen atoms in total. The smallest absolute Gasteiger partial charge is 0.239 e. The first-order valence-electron chi connectivity index (χ1n) is 5.13. The predicted octanol–water partition coefficient (Wildman–Crippen LogP) is 1.21. The molecule has 0 spiro atoms. The van der Waals surface area contributed by atoms with E-state index < -0.39 is 19.8 Å². The molecule has 0 fully saturated rings. The molecule has 4 N–H and O–H groups in total. The number of rotatable bonds is 4. The Morgan fingerprint density at radius 1 is 1.27 bits per heavy atom. The van der Waals surface area contributed by atoms with Gasteiger partial charge in [0.2, 0.25) is 5.91 Å². The van der Waals surface area contributed by atoms with Crippen molar-refractivity contribution in [2.75, 3.05) is 6.61 Å². The van der Waals surface area contributed by atoms with Crippen molar-refractivity contribution in [3.63, 3.8) is 0 Å². The molecule has 0 aliphatic heterocycles. The summed E-state index contributed by atoms with van der Waals surface area (Å²) in [5, 5.41) is 0.112. The van der Waals surface area contributed by atoms with E-state index in [1.807, 2.05) is 0 Å². The topological polar surface area (TPSA) is 78.3 Å². The Hall–Kier alpha value is -0.393. The Labute approximate surface area is 93.5 Å². The predicted molar refractivity (Wildman–Crippen MR) is 64.9 cm³/mol. The second-order valence-electron chi connectivity index (χ2n) is 5.83. The summed E-state index contributed by atoms with van der Waals surface area (Å²) in [5.74, 6) is -0.527. The second kappa shape index (κ2) is 4.23. The normalized spacial score (nSPS) is 17.3. The molecule has 0 aromatic rings. The van der Waals surface area contributed by atoms with Crippen LogP contribution >= 0.6 is 0 Å². The maximum Gasteiger partial charge on any atom is 0.239 e. The molecule has 0 saturated heterocycles. The number of hydrogen-bond donors (Lipinski definition) is 2. The molecule has 0 aliphatic rings. The summed E-state index contributed by atoms with van der Waals surface area (Å²) in [5.41, 5.74) is 9.84. The third kappa shape index (κ3) is 3.93. The van der Waals surface area contributed by atoms with Crippen molar-refractivity contribution >= 4 is 14.2 Å². The van der Waals surface area contributed by atoms with Gasteiger partial charge in [-0.25, -0.2) is 0 Å². The highest BCUT2D eigenvalue weighted by molar-refractivity contribution is 6.74. The Morgan fingerprint density at radius 2 is 1.67 bits per heavy atom. The highest BCUT2D eigenvalue weighted by Crippen LogP contribution is 2.36. The monoisotopic (exact) mass is 232 g/mol. The van der Waals surface area contributed by atoms with Crippen LogP contribution in [0.5, 0.6) is 0 Å². The largest absolute Gasteiger partial charge is 0.414 e. The first-order valence-corrected chi connectivity index (χ1v) is 8.04. The average molecular weight is 232 g/mol. The van der Waals surface area contributed by atoms with Gasteiger partial charge in [-0.05, 0) is 25.1 Å². The van der Waals surface area contributed by atoms with Gasteiger partial charge in [-0.1, -0.05) is 20.8 Å². The van der Waals surface area contributed by atoms with E-state index in [1.54, 1.807) is 6.92 Å². The minimum atomic E-state index is -1.85. The quantitative estimate of drug-likeness (QED) is 0.715. The van der Waals surface area contributed by atoms with Gasteiger partial charge in [0, 0.05) is 0 Å². The Kier molecular flexibility index (Phi) is 4.12. The van der Waals surface area contributed by atoms with E-state index in [0.717, 1.165) is 0 Å².